The van der Waals surface area contributed by atoms with E-state index in [9.17, 15) is 13.6 Å². The number of amides is 1. The number of benzene rings is 1. The average molecular weight is 316 g/mol. The van der Waals surface area contributed by atoms with Crippen molar-refractivity contribution in [1.82, 2.24) is 9.55 Å². The Morgan fingerprint density at radius 1 is 1.43 bits per heavy atom. The minimum Gasteiger partial charge on any atom is -0.370 e. The number of carbonyl (C=O) groups excluding carboxylic acids is 1. The Kier molecular flexibility index (Phi) is 4.18. The van der Waals surface area contributed by atoms with E-state index in [0.717, 1.165) is 6.07 Å². The predicted molar refractivity (Wildman–Crippen MR) is 77.2 cm³/mol. The Bertz CT molecular complexity index is 697. The van der Waals surface area contributed by atoms with Gasteiger partial charge in [0.1, 0.15) is 17.2 Å². The molecule has 114 valence electrons. The van der Waals surface area contributed by atoms with Gasteiger partial charge in [0.2, 0.25) is 5.91 Å². The van der Waals surface area contributed by atoms with Crippen LogP contribution in [0, 0.1) is 11.6 Å². The number of rotatable bonds is 5. The van der Waals surface area contributed by atoms with Crippen LogP contribution in [-0.2, 0) is 16.8 Å². The second-order valence-corrected chi connectivity index (χ2v) is 5.89. The van der Waals surface area contributed by atoms with Gasteiger partial charge in [-0.05, 0) is 19.9 Å². The van der Waals surface area contributed by atoms with E-state index in [1.807, 2.05) is 0 Å². The molecule has 0 atom stereocenters. The quantitative estimate of drug-likeness (QED) is 0.862. The van der Waals surface area contributed by atoms with Crippen LogP contribution in [0.2, 0.25) is 0 Å². The lowest BCUT2D eigenvalue weighted by atomic mass is 9.99. The number of nitrogens with two attached hydrogens (primary N) is 1. The summed E-state index contributed by atoms with van der Waals surface area (Å²) in [6, 6.07) is 1.98. The summed E-state index contributed by atoms with van der Waals surface area (Å²) in [6.45, 7) is 3.53. The third-order valence-electron chi connectivity index (χ3n) is 3.28. The van der Waals surface area contributed by atoms with Crippen molar-refractivity contribution < 1.29 is 13.6 Å². The number of aryl methyl sites for hydroxylation is 1. The number of carbonyl (C=O) groups is 1. The number of imidazole rings is 1. The smallest absolute Gasteiger partial charge is 0.219 e. The number of alkyl halides is 1. The van der Waals surface area contributed by atoms with Crippen LogP contribution in [-0.4, -0.2) is 21.3 Å². The molecule has 1 amide bonds. The van der Waals surface area contributed by atoms with E-state index in [4.69, 9.17) is 17.3 Å². The molecule has 1 aromatic carbocycles. The summed E-state index contributed by atoms with van der Waals surface area (Å²) in [5, 5.41) is 0. The predicted octanol–water partition coefficient (Wildman–Crippen LogP) is 2.71. The standard InChI is InChI=1S/C14H16ClF2N3O/c1-14(2,7-11(18)21)20-10-6-8(16)5-9(17)13(10)19-12(20)3-4-15/h5-6H,3-4,7H2,1-2H3,(H2,18,21). The normalized spacial score (nSPS) is 12.0. The SMILES string of the molecule is CC(C)(CC(N)=O)n1c(CCCl)nc2c(F)cc(F)cc21. The molecule has 0 aliphatic heterocycles. The van der Waals surface area contributed by atoms with E-state index in [1.54, 1.807) is 18.4 Å². The molecule has 2 N–H and O–H groups in total. The molecule has 0 saturated heterocycles. The summed E-state index contributed by atoms with van der Waals surface area (Å²) in [4.78, 5) is 15.5. The zero-order chi connectivity index (χ0) is 15.8. The van der Waals surface area contributed by atoms with Crippen LogP contribution >= 0.6 is 11.6 Å². The molecular weight excluding hydrogens is 300 g/mol. The van der Waals surface area contributed by atoms with Gasteiger partial charge in [-0.1, -0.05) is 0 Å². The molecule has 1 aromatic heterocycles. The van der Waals surface area contributed by atoms with Crippen LogP contribution in [0.4, 0.5) is 8.78 Å². The van der Waals surface area contributed by atoms with E-state index in [1.165, 1.54) is 6.07 Å². The van der Waals surface area contributed by atoms with Crippen molar-refractivity contribution in [1.29, 1.82) is 0 Å². The van der Waals surface area contributed by atoms with Crippen molar-refractivity contribution in [3.8, 4) is 0 Å². The molecule has 1 heterocycles. The summed E-state index contributed by atoms with van der Waals surface area (Å²) in [5.41, 5.74) is 4.86. The highest BCUT2D eigenvalue weighted by atomic mass is 35.5. The van der Waals surface area contributed by atoms with Crippen LogP contribution in [0.25, 0.3) is 11.0 Å². The maximum atomic E-state index is 13.9. The first kappa shape index (κ1) is 15.7. The molecule has 7 heteroatoms. The van der Waals surface area contributed by atoms with Crippen molar-refractivity contribution in [2.75, 3.05) is 5.88 Å². The van der Waals surface area contributed by atoms with Gasteiger partial charge in [0.05, 0.1) is 5.52 Å². The van der Waals surface area contributed by atoms with E-state index in [0.29, 0.717) is 17.8 Å². The lowest BCUT2D eigenvalue weighted by molar-refractivity contribution is -0.119. The van der Waals surface area contributed by atoms with E-state index in [-0.39, 0.29) is 17.8 Å². The molecule has 0 radical (unpaired) electrons. The van der Waals surface area contributed by atoms with Crippen molar-refractivity contribution in [2.45, 2.75) is 32.2 Å². The fourth-order valence-electron chi connectivity index (χ4n) is 2.58. The van der Waals surface area contributed by atoms with Crippen LogP contribution in [0.5, 0.6) is 0 Å². The molecule has 0 aliphatic rings. The summed E-state index contributed by atoms with van der Waals surface area (Å²) < 4.78 is 29.1. The number of nitrogens with zero attached hydrogens (tertiary/aromatic N) is 2. The van der Waals surface area contributed by atoms with Crippen molar-refractivity contribution in [2.24, 2.45) is 5.73 Å². The molecule has 4 nitrogen and oxygen atoms in total. The fraction of sp³-hybridized carbons (Fsp3) is 0.429. The molecule has 0 aliphatic carbocycles. The second-order valence-electron chi connectivity index (χ2n) is 5.51. The van der Waals surface area contributed by atoms with Gasteiger partial charge in [0, 0.05) is 30.3 Å². The first-order chi connectivity index (χ1) is 9.76. The fourth-order valence-corrected chi connectivity index (χ4v) is 2.75. The van der Waals surface area contributed by atoms with Gasteiger partial charge in [-0.15, -0.1) is 11.6 Å². The number of aromatic nitrogens is 2. The Hall–Kier alpha value is -1.69. The minimum atomic E-state index is -0.762. The summed E-state index contributed by atoms with van der Waals surface area (Å²) >= 11 is 5.75. The first-order valence-corrected chi connectivity index (χ1v) is 7.01. The van der Waals surface area contributed by atoms with Gasteiger partial charge in [-0.3, -0.25) is 4.79 Å². The maximum Gasteiger partial charge on any atom is 0.219 e. The van der Waals surface area contributed by atoms with Crippen LogP contribution < -0.4 is 5.73 Å². The highest BCUT2D eigenvalue weighted by Crippen LogP contribution is 2.30. The zero-order valence-corrected chi connectivity index (χ0v) is 12.5. The van der Waals surface area contributed by atoms with Crippen LogP contribution in [0.15, 0.2) is 12.1 Å². The van der Waals surface area contributed by atoms with Crippen molar-refractivity contribution >= 4 is 28.5 Å². The lowest BCUT2D eigenvalue weighted by Crippen LogP contribution is -2.33. The number of hydrogen-bond acceptors (Lipinski definition) is 2. The Labute approximate surface area is 125 Å². The molecule has 0 unspecified atom stereocenters. The molecule has 0 saturated carbocycles. The molecule has 0 bridgehead atoms. The maximum absolute atomic E-state index is 13.9. The van der Waals surface area contributed by atoms with Crippen molar-refractivity contribution in [3.05, 3.63) is 29.6 Å². The Morgan fingerprint density at radius 2 is 2.10 bits per heavy atom. The van der Waals surface area contributed by atoms with E-state index >= 15 is 0 Å². The van der Waals surface area contributed by atoms with Crippen molar-refractivity contribution in [3.63, 3.8) is 0 Å². The number of halogens is 3. The van der Waals surface area contributed by atoms with Gasteiger partial charge in [-0.25, -0.2) is 13.8 Å². The third kappa shape index (κ3) is 3.00. The van der Waals surface area contributed by atoms with Gasteiger partial charge in [-0.2, -0.15) is 0 Å². The molecule has 0 spiro atoms. The molecular formula is C14H16ClF2N3O. The summed E-state index contributed by atoms with van der Waals surface area (Å²) in [7, 11) is 0. The van der Waals surface area contributed by atoms with Gasteiger partial charge in [0.15, 0.2) is 5.82 Å². The Balaban J connectivity index is 2.74. The third-order valence-corrected chi connectivity index (χ3v) is 3.47. The first-order valence-electron chi connectivity index (χ1n) is 6.47. The van der Waals surface area contributed by atoms with Crippen LogP contribution in [0.1, 0.15) is 26.1 Å². The monoisotopic (exact) mass is 315 g/mol. The highest BCUT2D eigenvalue weighted by molar-refractivity contribution is 6.17. The van der Waals surface area contributed by atoms with Gasteiger partial charge >= 0.3 is 0 Å². The topological polar surface area (TPSA) is 60.9 Å². The number of primary amides is 1. The summed E-state index contributed by atoms with van der Waals surface area (Å²) in [5.74, 6) is -1.17. The Morgan fingerprint density at radius 3 is 2.67 bits per heavy atom. The largest absolute Gasteiger partial charge is 0.370 e. The molecule has 21 heavy (non-hydrogen) atoms. The molecule has 0 fully saturated rings. The van der Waals surface area contributed by atoms with E-state index in [2.05, 4.69) is 4.98 Å². The second kappa shape index (κ2) is 5.60. The van der Waals surface area contributed by atoms with Gasteiger partial charge < -0.3 is 10.3 Å². The van der Waals surface area contributed by atoms with Gasteiger partial charge in [0.25, 0.3) is 0 Å². The van der Waals surface area contributed by atoms with E-state index < -0.39 is 23.1 Å². The molecule has 2 rings (SSSR count). The average Bonchev–Trinajstić information content (AvgIpc) is 2.66. The number of hydrogen-bond donors (Lipinski definition) is 1. The van der Waals surface area contributed by atoms with Crippen LogP contribution in [0.3, 0.4) is 0 Å². The minimum absolute atomic E-state index is 0.0197. The highest BCUT2D eigenvalue weighted by Gasteiger charge is 2.29. The molecule has 2 aromatic rings. The lowest BCUT2D eigenvalue weighted by Gasteiger charge is -2.28. The number of fused-ring (bicyclic) bond motifs is 1. The zero-order valence-electron chi connectivity index (χ0n) is 11.8. The summed E-state index contributed by atoms with van der Waals surface area (Å²) in [6.07, 6.45) is 0.394.